The Kier molecular flexibility index (Phi) is 108. The third-order valence-electron chi connectivity index (χ3n) is 0. The van der Waals surface area contributed by atoms with E-state index in [1.165, 1.54) is 0 Å². The van der Waals surface area contributed by atoms with E-state index in [1.807, 2.05) is 0 Å². The van der Waals surface area contributed by atoms with Gasteiger partial charge < -0.3 is 0 Å². The predicted octanol–water partition coefficient (Wildman–Crippen LogP) is -0.767. The quantitative estimate of drug-likeness (QED) is 0.326. The summed E-state index contributed by atoms with van der Waals surface area (Å²) in [6, 6.07) is 0. The van der Waals surface area contributed by atoms with Crippen LogP contribution in [0.3, 0.4) is 0 Å². The van der Waals surface area contributed by atoms with Gasteiger partial charge in [0.1, 0.15) is 0 Å². The van der Waals surface area contributed by atoms with Crippen LogP contribution in [0.2, 0.25) is 0 Å². The SMILES string of the molecule is [Bi].[Hg].[In].[Zn]. The average molecular weight is 590 g/mol. The van der Waals surface area contributed by atoms with Crippen LogP contribution in [0.5, 0.6) is 0 Å². The van der Waals surface area contributed by atoms with Crippen molar-refractivity contribution >= 4 is 52.0 Å². The van der Waals surface area contributed by atoms with Crippen molar-refractivity contribution in [1.29, 1.82) is 0 Å². The van der Waals surface area contributed by atoms with Crippen LogP contribution in [0.25, 0.3) is 0 Å². The van der Waals surface area contributed by atoms with Gasteiger partial charge in [-0.2, -0.15) is 0 Å². The van der Waals surface area contributed by atoms with Gasteiger partial charge in [-0.15, -0.1) is 0 Å². The van der Waals surface area contributed by atoms with Gasteiger partial charge in [-0.05, 0) is 0 Å². The summed E-state index contributed by atoms with van der Waals surface area (Å²) < 4.78 is 0. The Labute approximate surface area is 97.0 Å². The molecule has 0 aromatic heterocycles. The topological polar surface area (TPSA) is 0 Å². The van der Waals surface area contributed by atoms with E-state index in [0.717, 1.165) is 0 Å². The fourth-order valence-electron chi connectivity index (χ4n) is 0. The zero-order chi connectivity index (χ0) is 0. The van der Waals surface area contributed by atoms with E-state index in [0.29, 0.717) is 0 Å². The van der Waals surface area contributed by atoms with Crippen LogP contribution in [0.15, 0.2) is 0 Å². The molecule has 0 fully saturated rings. The molecule has 0 aliphatic heterocycles. The first kappa shape index (κ1) is 26.6. The monoisotopic (exact) mass is 590 g/mol. The average Bonchev–Trinajstić information content (AvgIpc) is 0. The maximum Gasteiger partial charge on any atom is 0 e. The van der Waals surface area contributed by atoms with Gasteiger partial charge in [0.05, 0.1) is 0 Å². The number of hydrogen-bond donors (Lipinski definition) is 0. The van der Waals surface area contributed by atoms with Crippen molar-refractivity contribution in [3.63, 3.8) is 0 Å². The van der Waals surface area contributed by atoms with Gasteiger partial charge in [-0.1, -0.05) is 0 Å². The molecule has 0 rings (SSSR count). The molecular formula is BiHgInZn. The summed E-state index contributed by atoms with van der Waals surface area (Å²) in [5, 5.41) is 0. The summed E-state index contributed by atoms with van der Waals surface area (Å²) in [5.41, 5.74) is 0. The van der Waals surface area contributed by atoms with Gasteiger partial charge >= 0.3 is 0 Å². The van der Waals surface area contributed by atoms with Crippen LogP contribution < -0.4 is 0 Å². The van der Waals surface area contributed by atoms with E-state index in [-0.39, 0.29) is 99.2 Å². The van der Waals surface area contributed by atoms with Gasteiger partial charge in [0.15, 0.2) is 0 Å². The van der Waals surface area contributed by atoms with E-state index in [9.17, 15) is 0 Å². The number of rotatable bonds is 0. The summed E-state index contributed by atoms with van der Waals surface area (Å²) in [6.07, 6.45) is 0. The second-order valence-electron chi connectivity index (χ2n) is 0. The Hall–Kier alpha value is 3.31. The predicted molar refractivity (Wildman–Crippen MR) is 11.5 cm³/mol. The molecule has 0 aromatic rings. The molecule has 0 unspecified atom stereocenters. The summed E-state index contributed by atoms with van der Waals surface area (Å²) in [5.74, 6) is 0. The molecule has 4 heavy (non-hydrogen) atoms. The van der Waals surface area contributed by atoms with Crippen LogP contribution in [0, 0.1) is 0 Å². The van der Waals surface area contributed by atoms with Crippen molar-refractivity contribution in [1.82, 2.24) is 0 Å². The molecule has 6 radical (unpaired) electrons. The van der Waals surface area contributed by atoms with E-state index in [4.69, 9.17) is 0 Å². The first-order chi connectivity index (χ1) is 0. The molecule has 0 saturated heterocycles. The molecule has 4 heteroatoms. The molecule has 0 aromatic carbocycles. The number of hydrogen-bond acceptors (Lipinski definition) is 0. The van der Waals surface area contributed by atoms with Crippen molar-refractivity contribution in [3.8, 4) is 0 Å². The fraction of sp³-hybridized carbons (Fsp3) is 0. The second kappa shape index (κ2) is 16.2. The van der Waals surface area contributed by atoms with Crippen molar-refractivity contribution in [2.45, 2.75) is 0 Å². The van der Waals surface area contributed by atoms with E-state index in [1.54, 1.807) is 0 Å². The molecule has 0 bridgehead atoms. The third-order valence-corrected chi connectivity index (χ3v) is 0. The minimum absolute atomic E-state index is 0. The fourth-order valence-corrected chi connectivity index (χ4v) is 0. The maximum absolute atomic E-state index is 0. The first-order valence-corrected chi connectivity index (χ1v) is 0. The molecular weight excluding hydrogens is 590 g/mol. The van der Waals surface area contributed by atoms with Crippen molar-refractivity contribution in [2.24, 2.45) is 0 Å². The van der Waals surface area contributed by atoms with Crippen molar-refractivity contribution in [3.05, 3.63) is 0 Å². The van der Waals surface area contributed by atoms with Gasteiger partial charge in [0.2, 0.25) is 0 Å². The zero-order valence-corrected chi connectivity index (χ0v) is 17.7. The third kappa shape index (κ3) is 9.00. The molecule has 0 spiro atoms. The Morgan fingerprint density at radius 3 is 1.00 bits per heavy atom. The van der Waals surface area contributed by atoms with Crippen LogP contribution in [-0.2, 0) is 47.1 Å². The summed E-state index contributed by atoms with van der Waals surface area (Å²) >= 11 is 0. The molecule has 0 heterocycles. The Morgan fingerprint density at radius 2 is 1.00 bits per heavy atom. The largest absolute Gasteiger partial charge is 0 e. The van der Waals surface area contributed by atoms with E-state index in [2.05, 4.69) is 0 Å². The molecule has 0 aliphatic carbocycles. The summed E-state index contributed by atoms with van der Waals surface area (Å²) in [7, 11) is 0. The summed E-state index contributed by atoms with van der Waals surface area (Å²) in [4.78, 5) is 0. The molecule has 0 saturated carbocycles. The van der Waals surface area contributed by atoms with Crippen molar-refractivity contribution in [2.75, 3.05) is 0 Å². The van der Waals surface area contributed by atoms with Gasteiger partial charge in [0, 0.05) is 99.2 Å². The molecule has 12 valence electrons. The van der Waals surface area contributed by atoms with Crippen LogP contribution in [0.1, 0.15) is 0 Å². The Balaban J connectivity index is 0. The minimum Gasteiger partial charge on any atom is 0 e. The molecule has 0 aliphatic rings. The summed E-state index contributed by atoms with van der Waals surface area (Å²) in [6.45, 7) is 0. The second-order valence-corrected chi connectivity index (χ2v) is 0. The normalized spacial score (nSPS) is 0. The van der Waals surface area contributed by atoms with Crippen molar-refractivity contribution < 1.29 is 47.1 Å². The van der Waals surface area contributed by atoms with Crippen LogP contribution in [0.4, 0.5) is 0 Å². The zero-order valence-electron chi connectivity index (χ0n) is 2.44. The van der Waals surface area contributed by atoms with Crippen LogP contribution >= 0.6 is 0 Å². The van der Waals surface area contributed by atoms with Crippen LogP contribution in [-0.4, -0.2) is 52.0 Å². The van der Waals surface area contributed by atoms with Gasteiger partial charge in [-0.25, -0.2) is 0 Å². The molecule has 0 amide bonds. The van der Waals surface area contributed by atoms with E-state index < -0.39 is 0 Å². The minimum atomic E-state index is 0. The smallest absolute Gasteiger partial charge is 0 e. The Bertz CT molecular complexity index is 8.00. The molecule has 0 atom stereocenters. The first-order valence-electron chi connectivity index (χ1n) is 0. The van der Waals surface area contributed by atoms with Gasteiger partial charge in [-0.3, -0.25) is 0 Å². The maximum atomic E-state index is 0. The van der Waals surface area contributed by atoms with Gasteiger partial charge in [0.25, 0.3) is 0 Å². The molecule has 0 nitrogen and oxygen atoms in total. The molecule has 0 N–H and O–H groups in total. The Morgan fingerprint density at radius 1 is 1.00 bits per heavy atom. The standard InChI is InChI=1S/Bi.Hg.In.Zn. The van der Waals surface area contributed by atoms with E-state index >= 15 is 0 Å².